The maximum atomic E-state index is 16.1. The van der Waals surface area contributed by atoms with Crippen LogP contribution in [0, 0.1) is 23.1 Å². The van der Waals surface area contributed by atoms with E-state index in [0.717, 1.165) is 41.7 Å². The molecule has 3 amide bonds. The zero-order valence-electron chi connectivity index (χ0n) is 31.9. The van der Waals surface area contributed by atoms with Gasteiger partial charge in [0.2, 0.25) is 11.8 Å². The van der Waals surface area contributed by atoms with E-state index in [0.29, 0.717) is 29.9 Å². The lowest BCUT2D eigenvalue weighted by molar-refractivity contribution is -0.135. The van der Waals surface area contributed by atoms with E-state index in [1.54, 1.807) is 30.9 Å². The molecule has 0 spiro atoms. The normalized spacial score (nSPS) is 22.8. The van der Waals surface area contributed by atoms with Crippen LogP contribution in [0.5, 0.6) is 0 Å². The summed E-state index contributed by atoms with van der Waals surface area (Å²) in [5, 5.41) is 30.9. The molecule has 3 aromatic heterocycles. The van der Waals surface area contributed by atoms with Gasteiger partial charge < -0.3 is 15.4 Å². The van der Waals surface area contributed by atoms with Crippen molar-refractivity contribution in [3.63, 3.8) is 0 Å². The molecule has 1 unspecified atom stereocenters. The molecule has 2 aliphatic heterocycles. The number of nitrogens with zero attached hydrogens (tertiary/aromatic N) is 6. The van der Waals surface area contributed by atoms with Crippen LogP contribution < -0.4 is 16.3 Å². The number of nitriles is 1. The number of aromatic nitrogens is 5. The number of benzene rings is 2. The molecule has 5 heterocycles. The number of H-pyrrole nitrogens is 1. The number of fused-ring (bicyclic) bond motifs is 2. The zero-order chi connectivity index (χ0) is 41.1. The van der Waals surface area contributed by atoms with E-state index in [-0.39, 0.29) is 58.9 Å². The quantitative estimate of drug-likeness (QED) is 0.149. The number of hydrogen-bond donors (Lipinski definition) is 4. The highest BCUT2D eigenvalue weighted by Gasteiger charge is 2.48. The number of imidazole rings is 1. The first-order chi connectivity index (χ1) is 27.6. The maximum absolute atomic E-state index is 16.1. The number of hydrogen-bond acceptors (Lipinski definition) is 9. The predicted molar refractivity (Wildman–Crippen MR) is 206 cm³/mol. The average Bonchev–Trinajstić information content (AvgIpc) is 3.74. The van der Waals surface area contributed by atoms with Gasteiger partial charge in [-0.25, -0.2) is 18.0 Å². The number of aliphatic hydroxyl groups is 1. The molecule has 5 aromatic rings. The first-order valence-corrected chi connectivity index (χ1v) is 19.4. The van der Waals surface area contributed by atoms with E-state index in [2.05, 4.69) is 20.6 Å². The van der Waals surface area contributed by atoms with E-state index in [9.17, 15) is 29.5 Å². The van der Waals surface area contributed by atoms with Crippen molar-refractivity contribution < 1.29 is 32.7 Å². The fraction of sp³-hybridized carbons (Fsp3) is 0.439. The minimum atomic E-state index is -3.31. The molecular weight excluding hydrogens is 756 g/mol. The second-order valence-electron chi connectivity index (χ2n) is 16.3. The smallest absolute Gasteiger partial charge is 0.327 e. The second-order valence-corrected chi connectivity index (χ2v) is 16.3. The average molecular weight is 798 g/mol. The van der Waals surface area contributed by atoms with Crippen LogP contribution in [0.15, 0.2) is 53.7 Å². The Morgan fingerprint density at radius 3 is 2.57 bits per heavy atom. The number of carbonyl (C=O) groups is 3. The summed E-state index contributed by atoms with van der Waals surface area (Å²) in [5.41, 5.74) is -0.310. The number of imide groups is 1. The third-order valence-electron chi connectivity index (χ3n) is 11.8. The van der Waals surface area contributed by atoms with Crippen molar-refractivity contribution in [1.82, 2.24) is 34.5 Å². The number of amides is 3. The first kappa shape index (κ1) is 39.0. The molecular formula is C41H42F3N9O5. The number of halogens is 3. The van der Waals surface area contributed by atoms with Crippen LogP contribution in [0.3, 0.4) is 0 Å². The number of nitrogens with one attached hydrogen (secondary N) is 3. The number of anilines is 1. The van der Waals surface area contributed by atoms with Crippen LogP contribution in [-0.4, -0.2) is 77.6 Å². The number of alkyl halides is 2. The number of likely N-dealkylation sites (tertiary alicyclic amines) is 1. The Kier molecular flexibility index (Phi) is 9.96. The molecule has 8 rings (SSSR count). The monoisotopic (exact) mass is 797 g/mol. The van der Waals surface area contributed by atoms with Gasteiger partial charge in [0, 0.05) is 53.8 Å². The molecule has 1 aliphatic carbocycles. The number of carbonyl (C=O) groups excluding carboxylic acids is 3. The van der Waals surface area contributed by atoms with Gasteiger partial charge in [-0.3, -0.25) is 38.8 Å². The van der Waals surface area contributed by atoms with Crippen LogP contribution in [0.1, 0.15) is 104 Å². The molecule has 17 heteroatoms. The number of rotatable bonds is 8. The van der Waals surface area contributed by atoms with E-state index in [1.165, 1.54) is 24.5 Å². The van der Waals surface area contributed by atoms with E-state index >= 15 is 13.2 Å². The van der Waals surface area contributed by atoms with E-state index in [4.69, 9.17) is 5.10 Å². The van der Waals surface area contributed by atoms with Gasteiger partial charge in [0.1, 0.15) is 17.9 Å². The summed E-state index contributed by atoms with van der Waals surface area (Å²) in [5.74, 6) is -7.13. The fourth-order valence-electron chi connectivity index (χ4n) is 8.96. The Hall–Kier alpha value is -5.86. The van der Waals surface area contributed by atoms with Crippen molar-refractivity contribution in [2.75, 3.05) is 25.0 Å². The molecule has 58 heavy (non-hydrogen) atoms. The summed E-state index contributed by atoms with van der Waals surface area (Å²) in [6.07, 6.45) is 7.74. The van der Waals surface area contributed by atoms with Gasteiger partial charge in [-0.1, -0.05) is 0 Å². The van der Waals surface area contributed by atoms with Crippen molar-refractivity contribution in [2.45, 2.75) is 88.3 Å². The molecule has 0 radical (unpaired) electrons. The molecule has 302 valence electrons. The van der Waals surface area contributed by atoms with Gasteiger partial charge >= 0.3 is 5.69 Å². The second kappa shape index (κ2) is 14.8. The lowest BCUT2D eigenvalue weighted by atomic mass is 9.82. The molecule has 0 bridgehead atoms. The Bertz CT molecular complexity index is 2560. The number of piperidine rings is 2. The maximum Gasteiger partial charge on any atom is 0.327 e. The van der Waals surface area contributed by atoms with E-state index in [1.807, 2.05) is 16.9 Å². The van der Waals surface area contributed by atoms with Crippen molar-refractivity contribution in [1.29, 1.82) is 5.26 Å². The van der Waals surface area contributed by atoms with Gasteiger partial charge in [-0.15, -0.1) is 0 Å². The van der Waals surface area contributed by atoms with Crippen LogP contribution in [0.25, 0.3) is 21.9 Å². The molecule has 3 aliphatic rings. The summed E-state index contributed by atoms with van der Waals surface area (Å²) >= 11 is 0. The predicted octanol–water partition coefficient (Wildman–Crippen LogP) is 5.40. The van der Waals surface area contributed by atoms with E-state index < -0.39 is 59.3 Å². The molecule has 2 atom stereocenters. The van der Waals surface area contributed by atoms with Crippen LogP contribution in [0.2, 0.25) is 0 Å². The minimum Gasteiger partial charge on any atom is -0.386 e. The van der Waals surface area contributed by atoms with Crippen molar-refractivity contribution in [3.05, 3.63) is 87.5 Å². The summed E-state index contributed by atoms with van der Waals surface area (Å²) in [6.45, 7) is 3.42. The van der Waals surface area contributed by atoms with Gasteiger partial charge in [-0.2, -0.15) is 10.4 Å². The SMILES string of the molecule is CC(C)(O)c1cc2nn(C3CCC(CN4CC[C@@H](c5c(F)ccc6c5[nH]c(=O)n6C5CCC(=O)NC5=O)C(F)(F)C4)CC3)cc2cc1NC(=O)c1cncc(C#N)c1. The third-order valence-corrected chi connectivity index (χ3v) is 11.8. The molecule has 2 saturated heterocycles. The standard InChI is InChI=1S/C41H42F3N9O5/c1-40(2,58)28-15-30-25(14-31(28)47-37(55)24-13-23(16-45)17-46-18-24)20-52(50-30)26-5-3-22(4-6-26)19-51-12-11-27(41(43,44)21-51)35-29(42)7-8-32-36(35)49-39(57)53(32)33-9-10-34(54)48-38(33)56/h7-8,13-15,17-18,20,22,26-27,33,58H,3-6,9-12,19,21H2,1-2H3,(H,47,55)(H,49,57)(H,48,54,56)/t22?,26?,27-,33?/m0/s1. The van der Waals surface area contributed by atoms with Gasteiger partial charge in [0.05, 0.1) is 51.8 Å². The third kappa shape index (κ3) is 7.37. The van der Waals surface area contributed by atoms with Crippen LogP contribution in [0.4, 0.5) is 18.9 Å². The Balaban J connectivity index is 0.929. The summed E-state index contributed by atoms with van der Waals surface area (Å²) in [4.78, 5) is 58.7. The van der Waals surface area contributed by atoms with Crippen LogP contribution in [-0.2, 0) is 15.2 Å². The Labute approximate surface area is 330 Å². The summed E-state index contributed by atoms with van der Waals surface area (Å²) < 4.78 is 50.6. The van der Waals surface area contributed by atoms with Crippen molar-refractivity contribution in [2.24, 2.45) is 5.92 Å². The molecule has 3 fully saturated rings. The lowest BCUT2D eigenvalue weighted by Gasteiger charge is -2.41. The first-order valence-electron chi connectivity index (χ1n) is 19.4. The Morgan fingerprint density at radius 1 is 1.09 bits per heavy atom. The minimum absolute atomic E-state index is 0.0112. The molecule has 1 saturated carbocycles. The van der Waals surface area contributed by atoms with Gasteiger partial charge in [0.25, 0.3) is 11.8 Å². The zero-order valence-corrected chi connectivity index (χ0v) is 31.9. The van der Waals surface area contributed by atoms with Gasteiger partial charge in [0.15, 0.2) is 0 Å². The van der Waals surface area contributed by atoms with Crippen molar-refractivity contribution in [3.8, 4) is 6.07 Å². The highest BCUT2D eigenvalue weighted by Crippen LogP contribution is 2.45. The highest BCUT2D eigenvalue weighted by molar-refractivity contribution is 6.06. The lowest BCUT2D eigenvalue weighted by Crippen LogP contribution is -2.49. The molecule has 4 N–H and O–H groups in total. The summed E-state index contributed by atoms with van der Waals surface area (Å²) in [7, 11) is 0. The largest absolute Gasteiger partial charge is 0.386 e. The fourth-order valence-corrected chi connectivity index (χ4v) is 8.96. The van der Waals surface area contributed by atoms with Crippen molar-refractivity contribution >= 4 is 45.3 Å². The number of pyridine rings is 1. The molecule has 14 nitrogen and oxygen atoms in total. The van der Waals surface area contributed by atoms with Gasteiger partial charge in [-0.05, 0) is 95.2 Å². The van der Waals surface area contributed by atoms with Crippen LogP contribution >= 0.6 is 0 Å². The Morgan fingerprint density at radius 2 is 1.86 bits per heavy atom. The number of aromatic amines is 1. The highest BCUT2D eigenvalue weighted by atomic mass is 19.3. The summed E-state index contributed by atoms with van der Waals surface area (Å²) in [6, 6.07) is 8.29. The molecule has 2 aromatic carbocycles. The topological polar surface area (TPSA) is 191 Å².